The third kappa shape index (κ3) is 2.72. The molecule has 3 heterocycles. The van der Waals surface area contributed by atoms with E-state index in [0.29, 0.717) is 11.5 Å². The number of pyridine rings is 1. The van der Waals surface area contributed by atoms with Crippen molar-refractivity contribution in [3.63, 3.8) is 0 Å². The SMILES string of the molecule is Cc1ccn2c(NC(C)(C)C)c(-c3ccc(CO)o3)nc2c1. The van der Waals surface area contributed by atoms with Crippen molar-refractivity contribution in [1.29, 1.82) is 0 Å². The van der Waals surface area contributed by atoms with E-state index >= 15 is 0 Å². The van der Waals surface area contributed by atoms with Crippen molar-refractivity contribution < 1.29 is 9.52 Å². The summed E-state index contributed by atoms with van der Waals surface area (Å²) in [6.07, 6.45) is 2.01. The normalized spacial score (nSPS) is 12.0. The number of aliphatic hydroxyl groups excluding tert-OH is 1. The number of aromatic nitrogens is 2. The van der Waals surface area contributed by atoms with Crippen LogP contribution in [0.3, 0.4) is 0 Å². The van der Waals surface area contributed by atoms with Gasteiger partial charge in [0, 0.05) is 11.7 Å². The van der Waals surface area contributed by atoms with E-state index in [0.717, 1.165) is 22.7 Å². The summed E-state index contributed by atoms with van der Waals surface area (Å²) in [5.74, 6) is 2.07. The zero-order chi connectivity index (χ0) is 15.9. The molecular weight excluding hydrogens is 278 g/mol. The quantitative estimate of drug-likeness (QED) is 0.775. The number of furan rings is 1. The lowest BCUT2D eigenvalue weighted by atomic mass is 10.1. The molecule has 3 aromatic rings. The Morgan fingerprint density at radius 2 is 2.05 bits per heavy atom. The van der Waals surface area contributed by atoms with Gasteiger partial charge in [-0.1, -0.05) is 0 Å². The van der Waals surface area contributed by atoms with Gasteiger partial charge in [0.15, 0.2) is 5.76 Å². The summed E-state index contributed by atoms with van der Waals surface area (Å²) in [4.78, 5) is 4.70. The number of fused-ring (bicyclic) bond motifs is 1. The van der Waals surface area contributed by atoms with Gasteiger partial charge in [-0.15, -0.1) is 0 Å². The number of aliphatic hydroxyl groups is 1. The third-order valence-electron chi connectivity index (χ3n) is 3.33. The fourth-order valence-electron chi connectivity index (χ4n) is 2.38. The van der Waals surface area contributed by atoms with Crippen LogP contribution >= 0.6 is 0 Å². The summed E-state index contributed by atoms with van der Waals surface area (Å²) in [5, 5.41) is 12.7. The Bertz CT molecular complexity index is 809. The molecule has 5 heteroatoms. The van der Waals surface area contributed by atoms with Gasteiger partial charge in [-0.2, -0.15) is 0 Å². The van der Waals surface area contributed by atoms with Crippen LogP contribution in [-0.2, 0) is 6.61 Å². The van der Waals surface area contributed by atoms with Crippen LogP contribution in [0.25, 0.3) is 17.1 Å². The zero-order valence-corrected chi connectivity index (χ0v) is 13.3. The first-order chi connectivity index (χ1) is 10.4. The Balaban J connectivity index is 2.20. The summed E-state index contributed by atoms with van der Waals surface area (Å²) in [6.45, 7) is 8.24. The second-order valence-electron chi connectivity index (χ2n) is 6.54. The van der Waals surface area contributed by atoms with Gasteiger partial charge in [-0.25, -0.2) is 4.98 Å². The minimum absolute atomic E-state index is 0.109. The van der Waals surface area contributed by atoms with Crippen LogP contribution in [0.1, 0.15) is 32.1 Å². The smallest absolute Gasteiger partial charge is 0.156 e. The topological polar surface area (TPSA) is 62.7 Å². The maximum absolute atomic E-state index is 9.19. The Labute approximate surface area is 129 Å². The van der Waals surface area contributed by atoms with Crippen molar-refractivity contribution >= 4 is 11.5 Å². The summed E-state index contributed by atoms with van der Waals surface area (Å²) < 4.78 is 7.69. The number of nitrogens with zero attached hydrogens (tertiary/aromatic N) is 2. The second kappa shape index (κ2) is 5.18. The van der Waals surface area contributed by atoms with E-state index in [-0.39, 0.29) is 12.1 Å². The summed E-state index contributed by atoms with van der Waals surface area (Å²) in [6, 6.07) is 7.69. The minimum Gasteiger partial charge on any atom is -0.457 e. The molecule has 2 N–H and O–H groups in total. The predicted molar refractivity (Wildman–Crippen MR) is 86.9 cm³/mol. The zero-order valence-electron chi connectivity index (χ0n) is 13.3. The van der Waals surface area contributed by atoms with Gasteiger partial charge in [-0.3, -0.25) is 4.40 Å². The first-order valence-corrected chi connectivity index (χ1v) is 7.34. The van der Waals surface area contributed by atoms with E-state index in [1.807, 2.05) is 35.7 Å². The highest BCUT2D eigenvalue weighted by Crippen LogP contribution is 2.32. The van der Waals surface area contributed by atoms with Crippen LogP contribution in [0, 0.1) is 6.92 Å². The maximum atomic E-state index is 9.19. The fourth-order valence-corrected chi connectivity index (χ4v) is 2.38. The van der Waals surface area contributed by atoms with Gasteiger partial charge in [0.1, 0.15) is 29.5 Å². The van der Waals surface area contributed by atoms with Crippen LogP contribution in [0.4, 0.5) is 5.82 Å². The van der Waals surface area contributed by atoms with Crippen LogP contribution in [0.5, 0.6) is 0 Å². The average Bonchev–Trinajstić information content (AvgIpc) is 3.01. The molecule has 5 nitrogen and oxygen atoms in total. The lowest BCUT2D eigenvalue weighted by Gasteiger charge is -2.22. The molecule has 0 radical (unpaired) electrons. The molecule has 22 heavy (non-hydrogen) atoms. The lowest BCUT2D eigenvalue weighted by Crippen LogP contribution is -2.27. The Morgan fingerprint density at radius 3 is 2.68 bits per heavy atom. The molecule has 0 aliphatic rings. The number of imidazole rings is 1. The number of nitrogens with one attached hydrogen (secondary N) is 1. The van der Waals surface area contributed by atoms with Gasteiger partial charge < -0.3 is 14.8 Å². The number of aryl methyl sites for hydroxylation is 1. The van der Waals surface area contributed by atoms with E-state index in [4.69, 9.17) is 9.40 Å². The van der Waals surface area contributed by atoms with Crippen molar-refractivity contribution in [3.05, 3.63) is 41.8 Å². The van der Waals surface area contributed by atoms with Crippen molar-refractivity contribution in [2.45, 2.75) is 39.8 Å². The second-order valence-corrected chi connectivity index (χ2v) is 6.54. The monoisotopic (exact) mass is 299 g/mol. The molecule has 3 rings (SSSR count). The molecule has 0 amide bonds. The molecule has 0 aliphatic carbocycles. The van der Waals surface area contributed by atoms with Gasteiger partial charge >= 0.3 is 0 Å². The van der Waals surface area contributed by atoms with Crippen LogP contribution in [0.2, 0.25) is 0 Å². The van der Waals surface area contributed by atoms with Crippen LogP contribution < -0.4 is 5.32 Å². The fraction of sp³-hybridized carbons (Fsp3) is 0.353. The van der Waals surface area contributed by atoms with Gasteiger partial charge in [-0.05, 0) is 57.5 Å². The van der Waals surface area contributed by atoms with E-state index in [2.05, 4.69) is 26.1 Å². The average molecular weight is 299 g/mol. The Hall–Kier alpha value is -2.27. The molecule has 0 fully saturated rings. The molecule has 0 saturated heterocycles. The highest BCUT2D eigenvalue weighted by Gasteiger charge is 2.21. The molecule has 116 valence electrons. The highest BCUT2D eigenvalue weighted by molar-refractivity contribution is 5.74. The highest BCUT2D eigenvalue weighted by atomic mass is 16.4. The van der Waals surface area contributed by atoms with Gasteiger partial charge in [0.05, 0.1) is 0 Å². The number of hydrogen-bond acceptors (Lipinski definition) is 4. The molecule has 3 aromatic heterocycles. The number of anilines is 1. The molecule has 0 bridgehead atoms. The molecule has 0 saturated carbocycles. The van der Waals surface area contributed by atoms with Crippen molar-refractivity contribution in [3.8, 4) is 11.5 Å². The molecule has 0 aliphatic heterocycles. The standard InChI is InChI=1S/C17H21N3O2/c1-11-7-8-20-14(9-11)18-15(16(20)19-17(2,3)4)13-6-5-12(10-21)22-13/h5-9,19,21H,10H2,1-4H3. The van der Waals surface area contributed by atoms with E-state index in [1.54, 1.807) is 6.07 Å². The first kappa shape index (κ1) is 14.7. The van der Waals surface area contributed by atoms with Gasteiger partial charge in [0.25, 0.3) is 0 Å². The number of hydrogen-bond donors (Lipinski definition) is 2. The maximum Gasteiger partial charge on any atom is 0.156 e. The summed E-state index contributed by atoms with van der Waals surface area (Å²) in [7, 11) is 0. The van der Waals surface area contributed by atoms with E-state index < -0.39 is 0 Å². The summed E-state index contributed by atoms with van der Waals surface area (Å²) >= 11 is 0. The van der Waals surface area contributed by atoms with Crippen molar-refractivity contribution in [2.75, 3.05) is 5.32 Å². The van der Waals surface area contributed by atoms with Crippen LogP contribution in [-0.4, -0.2) is 20.0 Å². The van der Waals surface area contributed by atoms with Crippen molar-refractivity contribution in [2.24, 2.45) is 0 Å². The molecule has 0 aromatic carbocycles. The molecule has 0 unspecified atom stereocenters. The van der Waals surface area contributed by atoms with Crippen molar-refractivity contribution in [1.82, 2.24) is 9.38 Å². The largest absolute Gasteiger partial charge is 0.457 e. The first-order valence-electron chi connectivity index (χ1n) is 7.34. The van der Waals surface area contributed by atoms with Gasteiger partial charge in [0.2, 0.25) is 0 Å². The predicted octanol–water partition coefficient (Wildman–Crippen LogP) is 3.61. The Kier molecular flexibility index (Phi) is 3.45. The minimum atomic E-state index is -0.117. The lowest BCUT2D eigenvalue weighted by molar-refractivity contribution is 0.248. The molecule has 0 spiro atoms. The van der Waals surface area contributed by atoms with E-state index in [1.165, 1.54) is 0 Å². The summed E-state index contributed by atoms with van der Waals surface area (Å²) in [5.41, 5.74) is 2.66. The van der Waals surface area contributed by atoms with Crippen LogP contribution in [0.15, 0.2) is 34.9 Å². The molecule has 0 atom stereocenters. The molecular formula is C17H21N3O2. The third-order valence-corrected chi connectivity index (χ3v) is 3.33. The van der Waals surface area contributed by atoms with E-state index in [9.17, 15) is 5.11 Å². The Morgan fingerprint density at radius 1 is 1.27 bits per heavy atom. The number of rotatable bonds is 3.